The minimum atomic E-state index is -0.602. The number of aromatic hydroxyl groups is 1. The normalized spacial score (nSPS) is 17.0. The van der Waals surface area contributed by atoms with E-state index in [1.54, 1.807) is 12.3 Å². The fraction of sp³-hybridized carbons (Fsp3) is 0.292. The highest BCUT2D eigenvalue weighted by atomic mass is 19.1. The molecule has 2 aromatic carbocycles. The molecule has 0 saturated carbocycles. The Bertz CT molecular complexity index is 1310. The average Bonchev–Trinajstić information content (AvgIpc) is 3.02. The lowest BCUT2D eigenvalue weighted by Crippen LogP contribution is -2.26. The van der Waals surface area contributed by atoms with E-state index in [0.717, 1.165) is 23.6 Å². The number of anilines is 1. The maximum absolute atomic E-state index is 15.9. The third-order valence-electron chi connectivity index (χ3n) is 5.92. The Morgan fingerprint density at radius 2 is 1.94 bits per heavy atom. The number of phenols is 1. The van der Waals surface area contributed by atoms with E-state index in [-0.39, 0.29) is 29.1 Å². The summed E-state index contributed by atoms with van der Waals surface area (Å²) in [6.07, 6.45) is 3.35. The lowest BCUT2D eigenvalue weighted by atomic mass is 10.0. The van der Waals surface area contributed by atoms with Gasteiger partial charge in [-0.15, -0.1) is 0 Å². The molecule has 1 aliphatic rings. The smallest absolute Gasteiger partial charge is 0.318 e. The van der Waals surface area contributed by atoms with Gasteiger partial charge < -0.3 is 19.8 Å². The molecule has 1 fully saturated rings. The summed E-state index contributed by atoms with van der Waals surface area (Å²) < 4.78 is 21.1. The van der Waals surface area contributed by atoms with E-state index in [1.807, 2.05) is 29.2 Å². The zero-order valence-electron chi connectivity index (χ0n) is 17.6. The summed E-state index contributed by atoms with van der Waals surface area (Å²) in [7, 11) is 1.44. The number of aliphatic hydroxyl groups excluding tert-OH is 1. The van der Waals surface area contributed by atoms with E-state index < -0.39 is 5.82 Å². The first-order chi connectivity index (χ1) is 15.5. The number of ether oxygens (including phenoxy) is 1. The molecule has 8 heteroatoms. The summed E-state index contributed by atoms with van der Waals surface area (Å²) in [5.41, 5.74) is 0.689. The van der Waals surface area contributed by atoms with E-state index in [1.165, 1.54) is 13.2 Å². The number of halogens is 1. The van der Waals surface area contributed by atoms with Gasteiger partial charge in [-0.3, -0.25) is 4.98 Å². The number of hydrogen-bond acceptors (Lipinski definition) is 7. The van der Waals surface area contributed by atoms with Crippen LogP contribution in [-0.4, -0.2) is 51.5 Å². The van der Waals surface area contributed by atoms with Gasteiger partial charge in [-0.25, -0.2) is 4.39 Å². The minimum absolute atomic E-state index is 0.0316. The fourth-order valence-corrected chi connectivity index (χ4v) is 4.32. The SMILES string of the molecule is COc1nc(N2CCCC(O)CC2)c2cnc(-c3cc(O)cc4ccccc34)c(F)c2n1. The summed E-state index contributed by atoms with van der Waals surface area (Å²) in [6.45, 7) is 1.28. The number of nitrogens with zero attached hydrogens (tertiary/aromatic N) is 4. The first kappa shape index (κ1) is 20.4. The summed E-state index contributed by atoms with van der Waals surface area (Å²) in [5, 5.41) is 22.2. The first-order valence-electron chi connectivity index (χ1n) is 10.6. The third kappa shape index (κ3) is 3.56. The van der Waals surface area contributed by atoms with Gasteiger partial charge in [0.15, 0.2) is 5.82 Å². The van der Waals surface area contributed by atoms with Gasteiger partial charge in [-0.05, 0) is 42.2 Å². The van der Waals surface area contributed by atoms with Gasteiger partial charge in [0.25, 0.3) is 0 Å². The molecule has 5 rings (SSSR count). The number of aromatic nitrogens is 3. The van der Waals surface area contributed by atoms with Crippen LogP contribution in [0.15, 0.2) is 42.6 Å². The average molecular weight is 434 g/mol. The van der Waals surface area contributed by atoms with Crippen molar-refractivity contribution in [2.75, 3.05) is 25.1 Å². The lowest BCUT2D eigenvalue weighted by molar-refractivity contribution is 0.161. The maximum atomic E-state index is 15.9. The van der Waals surface area contributed by atoms with Crippen molar-refractivity contribution in [2.24, 2.45) is 0 Å². The molecular weight excluding hydrogens is 411 g/mol. The van der Waals surface area contributed by atoms with Crippen LogP contribution in [0.2, 0.25) is 0 Å². The summed E-state index contributed by atoms with van der Waals surface area (Å²) in [5.74, 6) is -0.0289. The molecule has 1 atom stereocenters. The Balaban J connectivity index is 1.71. The lowest BCUT2D eigenvalue weighted by Gasteiger charge is -2.23. The number of hydrogen-bond donors (Lipinski definition) is 2. The maximum Gasteiger partial charge on any atom is 0.318 e. The Morgan fingerprint density at radius 3 is 2.78 bits per heavy atom. The van der Waals surface area contributed by atoms with Crippen LogP contribution in [0.3, 0.4) is 0 Å². The highest BCUT2D eigenvalue weighted by Gasteiger charge is 2.23. The third-order valence-corrected chi connectivity index (χ3v) is 5.92. The second kappa shape index (κ2) is 8.20. The van der Waals surface area contributed by atoms with Crippen LogP contribution in [0, 0.1) is 5.82 Å². The molecule has 1 saturated heterocycles. The van der Waals surface area contributed by atoms with Crippen molar-refractivity contribution in [3.05, 3.63) is 48.4 Å². The van der Waals surface area contributed by atoms with Crippen LogP contribution in [0.1, 0.15) is 19.3 Å². The van der Waals surface area contributed by atoms with Crippen molar-refractivity contribution in [3.63, 3.8) is 0 Å². The van der Waals surface area contributed by atoms with E-state index in [0.29, 0.717) is 36.3 Å². The Kier molecular flexibility index (Phi) is 5.22. The second-order valence-corrected chi connectivity index (χ2v) is 8.00. The molecule has 0 spiro atoms. The highest BCUT2D eigenvalue weighted by molar-refractivity contribution is 5.99. The van der Waals surface area contributed by atoms with Gasteiger partial charge in [-0.1, -0.05) is 24.3 Å². The Hall–Kier alpha value is -3.52. The van der Waals surface area contributed by atoms with Crippen LogP contribution < -0.4 is 9.64 Å². The Morgan fingerprint density at radius 1 is 1.09 bits per heavy atom. The van der Waals surface area contributed by atoms with Crippen LogP contribution >= 0.6 is 0 Å². The summed E-state index contributed by atoms with van der Waals surface area (Å²) in [6, 6.07) is 10.6. The van der Waals surface area contributed by atoms with Gasteiger partial charge in [0.05, 0.1) is 18.6 Å². The number of benzene rings is 2. The highest BCUT2D eigenvalue weighted by Crippen LogP contribution is 2.36. The molecule has 4 aromatic rings. The number of methoxy groups -OCH3 is 1. The zero-order chi connectivity index (χ0) is 22.2. The van der Waals surface area contributed by atoms with Crippen molar-refractivity contribution in [1.82, 2.24) is 15.0 Å². The largest absolute Gasteiger partial charge is 0.508 e. The molecule has 1 aliphatic heterocycles. The summed E-state index contributed by atoms with van der Waals surface area (Å²) in [4.78, 5) is 15.2. The monoisotopic (exact) mass is 434 g/mol. The van der Waals surface area contributed by atoms with Gasteiger partial charge >= 0.3 is 6.01 Å². The number of phenolic OH excluding ortho intramolecular Hbond substituents is 1. The van der Waals surface area contributed by atoms with Gasteiger partial charge in [-0.2, -0.15) is 9.97 Å². The van der Waals surface area contributed by atoms with E-state index in [9.17, 15) is 10.2 Å². The number of rotatable bonds is 3. The van der Waals surface area contributed by atoms with Crippen molar-refractivity contribution in [3.8, 4) is 23.0 Å². The molecule has 0 radical (unpaired) electrons. The van der Waals surface area contributed by atoms with Gasteiger partial charge in [0.2, 0.25) is 0 Å². The van der Waals surface area contributed by atoms with Gasteiger partial charge in [0, 0.05) is 24.8 Å². The molecule has 0 bridgehead atoms. The van der Waals surface area contributed by atoms with Crippen LogP contribution in [0.4, 0.5) is 10.2 Å². The molecule has 2 aromatic heterocycles. The van der Waals surface area contributed by atoms with Crippen molar-refractivity contribution in [1.29, 1.82) is 0 Å². The quantitative estimate of drug-likeness (QED) is 0.503. The second-order valence-electron chi connectivity index (χ2n) is 8.00. The summed E-state index contributed by atoms with van der Waals surface area (Å²) >= 11 is 0. The fourth-order valence-electron chi connectivity index (χ4n) is 4.32. The van der Waals surface area contributed by atoms with Crippen LogP contribution in [0.25, 0.3) is 32.9 Å². The molecule has 1 unspecified atom stereocenters. The molecule has 32 heavy (non-hydrogen) atoms. The predicted molar refractivity (Wildman–Crippen MR) is 121 cm³/mol. The van der Waals surface area contributed by atoms with Crippen molar-refractivity contribution in [2.45, 2.75) is 25.4 Å². The first-order valence-corrected chi connectivity index (χ1v) is 10.6. The Labute approximate surface area is 184 Å². The number of fused-ring (bicyclic) bond motifs is 2. The van der Waals surface area contributed by atoms with Crippen molar-refractivity contribution < 1.29 is 19.3 Å². The standard InChI is InChI=1S/C24H23FN4O3/c1-32-24-27-22-19(23(28-24)29-9-4-6-15(30)8-10-29)13-26-21(20(22)25)18-12-16(31)11-14-5-2-3-7-17(14)18/h2-3,5,7,11-13,15,30-31H,4,6,8-10H2,1H3. The zero-order valence-corrected chi connectivity index (χ0v) is 17.6. The van der Waals surface area contributed by atoms with Crippen molar-refractivity contribution >= 4 is 27.5 Å². The molecule has 3 heterocycles. The van der Waals surface area contributed by atoms with Gasteiger partial charge in [0.1, 0.15) is 22.8 Å². The predicted octanol–water partition coefficient (Wildman–Crippen LogP) is 4.05. The number of pyridine rings is 1. The van der Waals surface area contributed by atoms with Crippen LogP contribution in [0.5, 0.6) is 11.8 Å². The molecule has 0 aliphatic carbocycles. The van der Waals surface area contributed by atoms with E-state index >= 15 is 4.39 Å². The minimum Gasteiger partial charge on any atom is -0.508 e. The molecular formula is C24H23FN4O3. The topological polar surface area (TPSA) is 91.6 Å². The van der Waals surface area contributed by atoms with E-state index in [2.05, 4.69) is 15.0 Å². The molecule has 164 valence electrons. The van der Waals surface area contributed by atoms with E-state index in [4.69, 9.17) is 4.74 Å². The van der Waals surface area contributed by atoms with Crippen LogP contribution in [-0.2, 0) is 0 Å². The number of aliphatic hydroxyl groups is 1. The molecule has 7 nitrogen and oxygen atoms in total. The molecule has 0 amide bonds. The molecule has 2 N–H and O–H groups in total.